The lowest BCUT2D eigenvalue weighted by molar-refractivity contribution is 0.00813. The molecule has 0 aliphatic carbocycles. The van der Waals surface area contributed by atoms with Gasteiger partial charge in [-0.05, 0) is 31.2 Å². The topological polar surface area (TPSA) is 20.2 Å². The third-order valence-corrected chi connectivity index (χ3v) is 5.45. The first-order valence-corrected chi connectivity index (χ1v) is 7.14. The predicted octanol–water partition coefficient (Wildman–Crippen LogP) is 3.32. The number of benzene rings is 1. The van der Waals surface area contributed by atoms with Crippen molar-refractivity contribution in [3.63, 3.8) is 0 Å². The second-order valence-electron chi connectivity index (χ2n) is 5.12. The first-order valence-electron chi connectivity index (χ1n) is 6.20. The molecule has 2 fully saturated rings. The average Bonchev–Trinajstić information content (AvgIpc) is 2.29. The van der Waals surface area contributed by atoms with E-state index in [0.717, 1.165) is 18.4 Å². The summed E-state index contributed by atoms with van der Waals surface area (Å²) in [5.74, 6) is 0. The molecule has 2 heteroatoms. The summed E-state index contributed by atoms with van der Waals surface area (Å²) >= 11 is 2.11. The van der Waals surface area contributed by atoms with Gasteiger partial charge in [0.05, 0.1) is 5.60 Å². The highest BCUT2D eigenvalue weighted by Gasteiger charge is 2.42. The Kier molecular flexibility index (Phi) is 2.72. The van der Waals surface area contributed by atoms with E-state index in [-0.39, 0.29) is 0 Å². The quantitative estimate of drug-likeness (QED) is 0.804. The number of aliphatic hydroxyl groups is 1. The van der Waals surface area contributed by atoms with Crippen molar-refractivity contribution in [2.75, 3.05) is 0 Å². The number of thioether (sulfide) groups is 1. The Morgan fingerprint density at radius 3 is 2.31 bits per heavy atom. The van der Waals surface area contributed by atoms with Crippen LogP contribution in [0.3, 0.4) is 0 Å². The maximum Gasteiger partial charge on any atom is 0.0917 e. The average molecular weight is 234 g/mol. The van der Waals surface area contributed by atoms with Gasteiger partial charge in [-0.25, -0.2) is 0 Å². The molecule has 0 saturated carbocycles. The van der Waals surface area contributed by atoms with Gasteiger partial charge in [-0.3, -0.25) is 0 Å². The largest absolute Gasteiger partial charge is 0.385 e. The first kappa shape index (κ1) is 10.7. The highest BCUT2D eigenvalue weighted by atomic mass is 32.2. The molecule has 16 heavy (non-hydrogen) atoms. The lowest BCUT2D eigenvalue weighted by Gasteiger charge is -2.44. The van der Waals surface area contributed by atoms with E-state index in [1.807, 2.05) is 18.2 Å². The molecule has 86 valence electrons. The molecule has 1 nitrogen and oxygen atoms in total. The van der Waals surface area contributed by atoms with Gasteiger partial charge >= 0.3 is 0 Å². The number of hydrogen-bond acceptors (Lipinski definition) is 2. The Labute approximate surface area is 101 Å². The molecule has 1 N–H and O–H groups in total. The highest BCUT2D eigenvalue weighted by molar-refractivity contribution is 8.00. The molecule has 0 amide bonds. The fourth-order valence-corrected chi connectivity index (χ4v) is 5.00. The van der Waals surface area contributed by atoms with Gasteiger partial charge in [0.15, 0.2) is 0 Å². The molecule has 2 bridgehead atoms. The second-order valence-corrected chi connectivity index (χ2v) is 6.72. The van der Waals surface area contributed by atoms with Gasteiger partial charge in [-0.2, -0.15) is 11.8 Å². The van der Waals surface area contributed by atoms with Gasteiger partial charge in [0.25, 0.3) is 0 Å². The van der Waals surface area contributed by atoms with Crippen molar-refractivity contribution in [3.8, 4) is 0 Å². The van der Waals surface area contributed by atoms with Crippen molar-refractivity contribution in [2.24, 2.45) is 0 Å². The SMILES string of the molecule is OC1(c2ccccc2)CC2CCCC(C1)S2. The minimum Gasteiger partial charge on any atom is -0.385 e. The second kappa shape index (κ2) is 4.08. The molecule has 2 aliphatic heterocycles. The van der Waals surface area contributed by atoms with Crippen LogP contribution in [0.4, 0.5) is 0 Å². The maximum absolute atomic E-state index is 10.8. The molecule has 2 aliphatic rings. The molecule has 0 spiro atoms. The van der Waals surface area contributed by atoms with Crippen LogP contribution < -0.4 is 0 Å². The first-order chi connectivity index (χ1) is 7.76. The zero-order valence-electron chi connectivity index (χ0n) is 9.43. The lowest BCUT2D eigenvalue weighted by atomic mass is 9.80. The summed E-state index contributed by atoms with van der Waals surface area (Å²) in [6.45, 7) is 0. The number of fused-ring (bicyclic) bond motifs is 2. The van der Waals surface area contributed by atoms with Crippen molar-refractivity contribution in [3.05, 3.63) is 35.9 Å². The van der Waals surface area contributed by atoms with Crippen LogP contribution in [0.1, 0.15) is 37.7 Å². The summed E-state index contributed by atoms with van der Waals surface area (Å²) in [6.07, 6.45) is 5.82. The van der Waals surface area contributed by atoms with Crippen LogP contribution in [-0.4, -0.2) is 15.6 Å². The normalized spacial score (nSPS) is 38.3. The molecule has 2 unspecified atom stereocenters. The van der Waals surface area contributed by atoms with Gasteiger partial charge < -0.3 is 5.11 Å². The molecule has 3 rings (SSSR count). The highest BCUT2D eigenvalue weighted by Crippen LogP contribution is 2.49. The fraction of sp³-hybridized carbons (Fsp3) is 0.571. The molecule has 1 aromatic carbocycles. The van der Waals surface area contributed by atoms with Gasteiger partial charge in [-0.15, -0.1) is 0 Å². The van der Waals surface area contributed by atoms with Crippen molar-refractivity contribution >= 4 is 11.8 Å². The van der Waals surface area contributed by atoms with Gasteiger partial charge in [0.1, 0.15) is 0 Å². The molecule has 0 radical (unpaired) electrons. The summed E-state index contributed by atoms with van der Waals surface area (Å²) in [7, 11) is 0. The summed E-state index contributed by atoms with van der Waals surface area (Å²) < 4.78 is 0. The van der Waals surface area contributed by atoms with E-state index in [1.54, 1.807) is 0 Å². The van der Waals surface area contributed by atoms with E-state index in [0.29, 0.717) is 10.5 Å². The number of rotatable bonds is 1. The van der Waals surface area contributed by atoms with E-state index in [9.17, 15) is 5.11 Å². The molecule has 2 heterocycles. The van der Waals surface area contributed by atoms with Crippen molar-refractivity contribution in [1.82, 2.24) is 0 Å². The third kappa shape index (κ3) is 1.89. The summed E-state index contributed by atoms with van der Waals surface area (Å²) in [5.41, 5.74) is 0.564. The van der Waals surface area contributed by atoms with Crippen molar-refractivity contribution in [1.29, 1.82) is 0 Å². The van der Waals surface area contributed by atoms with E-state index < -0.39 is 5.60 Å². The van der Waals surface area contributed by atoms with E-state index in [2.05, 4.69) is 23.9 Å². The van der Waals surface area contributed by atoms with Crippen molar-refractivity contribution < 1.29 is 5.11 Å². The van der Waals surface area contributed by atoms with Crippen LogP contribution in [0.15, 0.2) is 30.3 Å². The summed E-state index contributed by atoms with van der Waals surface area (Å²) in [6, 6.07) is 10.2. The van der Waals surface area contributed by atoms with Crippen LogP contribution in [0.2, 0.25) is 0 Å². The molecule has 1 aromatic rings. The number of hydrogen-bond donors (Lipinski definition) is 1. The minimum absolute atomic E-state index is 0.553. The Bertz CT molecular complexity index is 350. The molecular formula is C14H18OS. The van der Waals surface area contributed by atoms with Crippen LogP contribution in [0.5, 0.6) is 0 Å². The van der Waals surface area contributed by atoms with E-state index in [4.69, 9.17) is 0 Å². The maximum atomic E-state index is 10.8. The Balaban J connectivity index is 1.88. The third-order valence-electron chi connectivity index (χ3n) is 3.88. The van der Waals surface area contributed by atoms with Crippen LogP contribution in [0, 0.1) is 0 Å². The summed E-state index contributed by atoms with van der Waals surface area (Å²) in [4.78, 5) is 0. The lowest BCUT2D eigenvalue weighted by Crippen LogP contribution is -2.40. The molecule has 2 saturated heterocycles. The molecular weight excluding hydrogens is 216 g/mol. The Morgan fingerprint density at radius 1 is 1.06 bits per heavy atom. The van der Waals surface area contributed by atoms with Gasteiger partial charge in [-0.1, -0.05) is 36.8 Å². The van der Waals surface area contributed by atoms with Crippen LogP contribution in [0.25, 0.3) is 0 Å². The Morgan fingerprint density at radius 2 is 1.69 bits per heavy atom. The molecule has 0 aromatic heterocycles. The van der Waals surface area contributed by atoms with Gasteiger partial charge in [0, 0.05) is 10.5 Å². The molecule has 2 atom stereocenters. The minimum atomic E-state index is -0.553. The smallest absolute Gasteiger partial charge is 0.0917 e. The fourth-order valence-electron chi connectivity index (χ4n) is 3.10. The standard InChI is InChI=1S/C14H18OS/c15-14(11-5-2-1-3-6-11)9-12-7-4-8-13(10-14)16-12/h1-3,5-6,12-13,15H,4,7-10H2. The predicted molar refractivity (Wildman–Crippen MR) is 68.6 cm³/mol. The van der Waals surface area contributed by atoms with E-state index >= 15 is 0 Å². The van der Waals surface area contributed by atoms with E-state index in [1.165, 1.54) is 19.3 Å². The van der Waals surface area contributed by atoms with Gasteiger partial charge in [0.2, 0.25) is 0 Å². The zero-order valence-corrected chi connectivity index (χ0v) is 10.2. The summed E-state index contributed by atoms with van der Waals surface area (Å²) in [5, 5.41) is 12.2. The zero-order chi connectivity index (χ0) is 11.0. The van der Waals surface area contributed by atoms with Crippen LogP contribution >= 0.6 is 11.8 Å². The van der Waals surface area contributed by atoms with Crippen LogP contribution in [-0.2, 0) is 5.60 Å². The Hall–Kier alpha value is -0.470. The monoisotopic (exact) mass is 234 g/mol. The van der Waals surface area contributed by atoms with Crippen molar-refractivity contribution in [2.45, 2.75) is 48.2 Å².